The van der Waals surface area contributed by atoms with Crippen LogP contribution in [0.2, 0.25) is 0 Å². The van der Waals surface area contributed by atoms with Gasteiger partial charge in [0.15, 0.2) is 12.4 Å². The first-order valence-corrected chi connectivity index (χ1v) is 9.68. The summed E-state index contributed by atoms with van der Waals surface area (Å²) in [6.07, 6.45) is -0.236. The molecule has 27 heavy (non-hydrogen) atoms. The Morgan fingerprint density at radius 1 is 1.11 bits per heavy atom. The number of Topliss-reactive ketones (excluding diaryl/α,β-unsaturated/α-hetero) is 1. The molecule has 8 heteroatoms. The fourth-order valence-electron chi connectivity index (χ4n) is 2.43. The summed E-state index contributed by atoms with van der Waals surface area (Å²) in [7, 11) is -3.75. The van der Waals surface area contributed by atoms with E-state index < -0.39 is 34.2 Å². The van der Waals surface area contributed by atoms with Crippen LogP contribution in [-0.4, -0.2) is 33.3 Å². The molecule has 0 atom stereocenters. The third-order valence-corrected chi connectivity index (χ3v) is 5.37. The first-order valence-electron chi connectivity index (χ1n) is 8.20. The second kappa shape index (κ2) is 8.88. The van der Waals surface area contributed by atoms with Gasteiger partial charge in [-0.2, -0.15) is 0 Å². The maximum absolute atomic E-state index is 13.1. The molecule has 0 aliphatic carbocycles. The first kappa shape index (κ1) is 20.7. The second-order valence-corrected chi connectivity index (χ2v) is 7.75. The highest BCUT2D eigenvalue weighted by Crippen LogP contribution is 2.16. The summed E-state index contributed by atoms with van der Waals surface area (Å²) in [5.41, 5.74) is 1.64. The highest BCUT2D eigenvalue weighted by atomic mass is 32.2. The van der Waals surface area contributed by atoms with Gasteiger partial charge < -0.3 is 4.74 Å². The molecule has 0 fully saturated rings. The Labute approximate surface area is 157 Å². The van der Waals surface area contributed by atoms with Crippen molar-refractivity contribution in [3.05, 3.63) is 65.0 Å². The van der Waals surface area contributed by atoms with Gasteiger partial charge in [-0.1, -0.05) is 29.8 Å². The van der Waals surface area contributed by atoms with Gasteiger partial charge in [-0.15, -0.1) is 0 Å². The molecule has 0 aliphatic rings. The number of halogens is 1. The molecule has 0 aliphatic heterocycles. The Morgan fingerprint density at radius 3 is 2.52 bits per heavy atom. The molecule has 6 nitrogen and oxygen atoms in total. The third kappa shape index (κ3) is 5.97. The first-order chi connectivity index (χ1) is 12.7. The fourth-order valence-corrected chi connectivity index (χ4v) is 3.69. The van der Waals surface area contributed by atoms with Crippen LogP contribution in [0.1, 0.15) is 27.9 Å². The topological polar surface area (TPSA) is 89.5 Å². The molecule has 2 rings (SSSR count). The average molecular weight is 393 g/mol. The number of esters is 1. The van der Waals surface area contributed by atoms with E-state index in [0.29, 0.717) is 5.56 Å². The molecule has 0 unspecified atom stereocenters. The zero-order chi connectivity index (χ0) is 20.0. The number of ketones is 1. The van der Waals surface area contributed by atoms with E-state index in [2.05, 4.69) is 4.72 Å². The SMILES string of the molecule is Cc1ccc(S(=O)(=O)NCCC(=O)OCC(=O)c2cccc(F)c2)c(C)c1. The fraction of sp³-hybridized carbons (Fsp3) is 0.263. The normalized spacial score (nSPS) is 11.2. The largest absolute Gasteiger partial charge is 0.457 e. The monoisotopic (exact) mass is 393 g/mol. The van der Waals surface area contributed by atoms with Crippen LogP contribution in [0, 0.1) is 19.7 Å². The van der Waals surface area contributed by atoms with Crippen molar-refractivity contribution in [3.63, 3.8) is 0 Å². The van der Waals surface area contributed by atoms with Gasteiger partial charge in [-0.25, -0.2) is 17.5 Å². The second-order valence-electron chi connectivity index (χ2n) is 6.01. The Bertz CT molecular complexity index is 956. The van der Waals surface area contributed by atoms with Crippen molar-refractivity contribution in [2.24, 2.45) is 0 Å². The van der Waals surface area contributed by atoms with Gasteiger partial charge in [0, 0.05) is 12.1 Å². The number of carbonyl (C=O) groups excluding carboxylic acids is 2. The minimum atomic E-state index is -3.75. The molecule has 0 saturated heterocycles. The van der Waals surface area contributed by atoms with Crippen molar-refractivity contribution in [1.82, 2.24) is 4.72 Å². The maximum atomic E-state index is 13.1. The van der Waals surface area contributed by atoms with Crippen LogP contribution in [-0.2, 0) is 19.6 Å². The van der Waals surface area contributed by atoms with Gasteiger partial charge >= 0.3 is 5.97 Å². The molecule has 0 amide bonds. The van der Waals surface area contributed by atoms with E-state index in [1.54, 1.807) is 19.1 Å². The minimum absolute atomic E-state index is 0.0957. The molecular formula is C19H20FNO5S. The molecule has 0 spiro atoms. The number of sulfonamides is 1. The summed E-state index contributed by atoms with van der Waals surface area (Å²) in [5.74, 6) is -1.84. The predicted molar refractivity (Wildman–Crippen MR) is 97.4 cm³/mol. The Hall–Kier alpha value is -2.58. The van der Waals surface area contributed by atoms with Gasteiger partial charge in [0.05, 0.1) is 11.3 Å². The lowest BCUT2D eigenvalue weighted by Gasteiger charge is -2.10. The number of benzene rings is 2. The summed E-state index contributed by atoms with van der Waals surface area (Å²) in [6, 6.07) is 9.99. The standard InChI is InChI=1S/C19H20FNO5S/c1-13-6-7-18(14(2)10-13)27(24,25)21-9-8-19(23)26-12-17(22)15-4-3-5-16(20)11-15/h3-7,10-11,21H,8-9,12H2,1-2H3. The molecule has 2 aromatic carbocycles. The quantitative estimate of drug-likeness (QED) is 0.550. The van der Waals surface area contributed by atoms with Gasteiger partial charge in [0.1, 0.15) is 5.82 Å². The van der Waals surface area contributed by atoms with Crippen LogP contribution in [0.15, 0.2) is 47.4 Å². The number of rotatable bonds is 8. The van der Waals surface area contributed by atoms with Crippen molar-refractivity contribution < 1.29 is 27.1 Å². The van der Waals surface area contributed by atoms with Gasteiger partial charge in [-0.3, -0.25) is 9.59 Å². The Kier molecular flexibility index (Phi) is 6.81. The van der Waals surface area contributed by atoms with Crippen LogP contribution in [0.4, 0.5) is 4.39 Å². The molecular weight excluding hydrogens is 373 g/mol. The summed E-state index contributed by atoms with van der Waals surface area (Å²) in [4.78, 5) is 23.7. The Morgan fingerprint density at radius 2 is 1.85 bits per heavy atom. The van der Waals surface area contributed by atoms with E-state index in [-0.39, 0.29) is 23.4 Å². The van der Waals surface area contributed by atoms with Crippen molar-refractivity contribution in [1.29, 1.82) is 0 Å². The Balaban J connectivity index is 1.82. The molecule has 0 radical (unpaired) electrons. The molecule has 0 heterocycles. The highest BCUT2D eigenvalue weighted by molar-refractivity contribution is 7.89. The lowest BCUT2D eigenvalue weighted by atomic mass is 10.1. The van der Waals surface area contributed by atoms with E-state index in [4.69, 9.17) is 4.74 Å². The van der Waals surface area contributed by atoms with E-state index in [1.807, 2.05) is 6.92 Å². The van der Waals surface area contributed by atoms with E-state index in [9.17, 15) is 22.4 Å². The van der Waals surface area contributed by atoms with Crippen molar-refractivity contribution in [2.45, 2.75) is 25.2 Å². The molecule has 2 aromatic rings. The maximum Gasteiger partial charge on any atom is 0.307 e. The van der Waals surface area contributed by atoms with Gasteiger partial charge in [0.2, 0.25) is 10.0 Å². The minimum Gasteiger partial charge on any atom is -0.457 e. The third-order valence-electron chi connectivity index (χ3n) is 3.75. The van der Waals surface area contributed by atoms with Crippen LogP contribution >= 0.6 is 0 Å². The van der Waals surface area contributed by atoms with Crippen molar-refractivity contribution >= 4 is 21.8 Å². The lowest BCUT2D eigenvalue weighted by Crippen LogP contribution is -2.27. The highest BCUT2D eigenvalue weighted by Gasteiger charge is 2.17. The van der Waals surface area contributed by atoms with Crippen molar-refractivity contribution in [3.8, 4) is 0 Å². The molecule has 0 saturated carbocycles. The van der Waals surface area contributed by atoms with E-state index >= 15 is 0 Å². The number of ether oxygens (including phenoxy) is 1. The van der Waals surface area contributed by atoms with Crippen LogP contribution in [0.3, 0.4) is 0 Å². The number of carbonyl (C=O) groups is 2. The summed E-state index contributed by atoms with van der Waals surface area (Å²) in [5, 5.41) is 0. The summed E-state index contributed by atoms with van der Waals surface area (Å²) < 4.78 is 44.8. The number of hydrogen-bond acceptors (Lipinski definition) is 5. The summed E-state index contributed by atoms with van der Waals surface area (Å²) in [6.45, 7) is 2.85. The molecule has 0 aromatic heterocycles. The zero-order valence-electron chi connectivity index (χ0n) is 15.0. The van der Waals surface area contributed by atoms with E-state index in [1.165, 1.54) is 24.3 Å². The van der Waals surface area contributed by atoms with Gasteiger partial charge in [-0.05, 0) is 37.6 Å². The average Bonchev–Trinajstić information content (AvgIpc) is 2.59. The number of hydrogen-bond donors (Lipinski definition) is 1. The smallest absolute Gasteiger partial charge is 0.307 e. The lowest BCUT2D eigenvalue weighted by molar-refractivity contribution is -0.142. The predicted octanol–water partition coefficient (Wildman–Crippen LogP) is 2.54. The molecule has 144 valence electrons. The van der Waals surface area contributed by atoms with E-state index in [0.717, 1.165) is 11.6 Å². The van der Waals surface area contributed by atoms with Crippen LogP contribution < -0.4 is 4.72 Å². The summed E-state index contributed by atoms with van der Waals surface area (Å²) >= 11 is 0. The number of aryl methyl sites for hydroxylation is 2. The zero-order valence-corrected chi connectivity index (χ0v) is 15.8. The number of nitrogens with one attached hydrogen (secondary N) is 1. The van der Waals surface area contributed by atoms with Crippen LogP contribution in [0.5, 0.6) is 0 Å². The van der Waals surface area contributed by atoms with Gasteiger partial charge in [0.25, 0.3) is 0 Å². The van der Waals surface area contributed by atoms with Crippen molar-refractivity contribution in [2.75, 3.05) is 13.2 Å². The molecule has 0 bridgehead atoms. The van der Waals surface area contributed by atoms with Crippen LogP contribution in [0.25, 0.3) is 0 Å². The molecule has 1 N–H and O–H groups in total.